The highest BCUT2D eigenvalue weighted by molar-refractivity contribution is 6.30. The second-order valence-corrected chi connectivity index (χ2v) is 5.64. The smallest absolute Gasteiger partial charge is 0.148 e. The van der Waals surface area contributed by atoms with Gasteiger partial charge in [0.05, 0.1) is 0 Å². The molecule has 0 saturated heterocycles. The van der Waals surface area contributed by atoms with E-state index in [9.17, 15) is 5.11 Å². The van der Waals surface area contributed by atoms with Gasteiger partial charge in [0.15, 0.2) is 0 Å². The van der Waals surface area contributed by atoms with Crippen LogP contribution in [0.15, 0.2) is 48.5 Å². The van der Waals surface area contributed by atoms with E-state index in [1.807, 2.05) is 36.4 Å². The van der Waals surface area contributed by atoms with Crippen molar-refractivity contribution < 1.29 is 9.84 Å². The Labute approximate surface area is 136 Å². The van der Waals surface area contributed by atoms with Crippen molar-refractivity contribution in [3.05, 3.63) is 59.1 Å². The molecule has 0 radical (unpaired) electrons. The molecule has 2 nitrogen and oxygen atoms in total. The van der Waals surface area contributed by atoms with E-state index in [0.717, 1.165) is 18.4 Å². The standard InChI is InChI=1S/C19H19ClO2/c1-3-4-5-14-19(2,21)15-6-10-17(11-7-15)22-18-12-8-16(20)9-13-18/h6-13,21H,3-4H2,1-2H3. The molecule has 22 heavy (non-hydrogen) atoms. The summed E-state index contributed by atoms with van der Waals surface area (Å²) in [7, 11) is 0. The predicted octanol–water partition coefficient (Wildman–Crippen LogP) is 5.14. The number of halogens is 1. The van der Waals surface area contributed by atoms with Crippen LogP contribution in [0, 0.1) is 11.8 Å². The molecule has 114 valence electrons. The molecular weight excluding hydrogens is 296 g/mol. The van der Waals surface area contributed by atoms with Gasteiger partial charge in [0, 0.05) is 11.4 Å². The van der Waals surface area contributed by atoms with Gasteiger partial charge in [-0.15, -0.1) is 0 Å². The van der Waals surface area contributed by atoms with Crippen LogP contribution in [0.1, 0.15) is 32.3 Å². The molecule has 0 aromatic heterocycles. The molecule has 3 heteroatoms. The van der Waals surface area contributed by atoms with Crippen LogP contribution in [0.25, 0.3) is 0 Å². The Morgan fingerprint density at radius 3 is 2.14 bits per heavy atom. The van der Waals surface area contributed by atoms with Crippen molar-refractivity contribution in [1.29, 1.82) is 0 Å². The maximum atomic E-state index is 10.4. The minimum absolute atomic E-state index is 0.671. The number of rotatable bonds is 4. The van der Waals surface area contributed by atoms with Crippen LogP contribution in [-0.4, -0.2) is 5.11 Å². The van der Waals surface area contributed by atoms with Crippen molar-refractivity contribution in [2.24, 2.45) is 0 Å². The fourth-order valence-corrected chi connectivity index (χ4v) is 2.04. The van der Waals surface area contributed by atoms with Gasteiger partial charge in [0.25, 0.3) is 0 Å². The van der Waals surface area contributed by atoms with E-state index >= 15 is 0 Å². The van der Waals surface area contributed by atoms with Gasteiger partial charge in [-0.3, -0.25) is 0 Å². The predicted molar refractivity (Wildman–Crippen MR) is 90.2 cm³/mol. The van der Waals surface area contributed by atoms with Gasteiger partial charge in [-0.1, -0.05) is 42.5 Å². The summed E-state index contributed by atoms with van der Waals surface area (Å²) in [6.45, 7) is 3.76. The van der Waals surface area contributed by atoms with E-state index in [2.05, 4.69) is 18.8 Å². The molecule has 1 N–H and O–H groups in total. The minimum atomic E-state index is -1.14. The van der Waals surface area contributed by atoms with Crippen LogP contribution < -0.4 is 4.74 Å². The van der Waals surface area contributed by atoms with Gasteiger partial charge < -0.3 is 9.84 Å². The zero-order valence-electron chi connectivity index (χ0n) is 12.8. The van der Waals surface area contributed by atoms with Crippen LogP contribution >= 0.6 is 11.6 Å². The second kappa shape index (κ2) is 7.35. The topological polar surface area (TPSA) is 29.5 Å². The molecule has 2 rings (SSSR count). The molecule has 0 aliphatic carbocycles. The highest BCUT2D eigenvalue weighted by atomic mass is 35.5. The van der Waals surface area contributed by atoms with Crippen molar-refractivity contribution in [1.82, 2.24) is 0 Å². The van der Waals surface area contributed by atoms with E-state index in [-0.39, 0.29) is 0 Å². The average molecular weight is 315 g/mol. The van der Waals surface area contributed by atoms with Crippen LogP contribution in [0.4, 0.5) is 0 Å². The van der Waals surface area contributed by atoms with Gasteiger partial charge in [0.1, 0.15) is 17.1 Å². The summed E-state index contributed by atoms with van der Waals surface area (Å²) in [5.74, 6) is 7.30. The highest BCUT2D eigenvalue weighted by Crippen LogP contribution is 2.26. The molecular formula is C19H19ClO2. The third-order valence-corrected chi connectivity index (χ3v) is 3.42. The SMILES string of the molecule is CCCC#CC(C)(O)c1ccc(Oc2ccc(Cl)cc2)cc1. The Kier molecular flexibility index (Phi) is 5.49. The Bertz CT molecular complexity index is 661. The molecule has 0 heterocycles. The first-order chi connectivity index (χ1) is 10.5. The van der Waals surface area contributed by atoms with Crippen molar-refractivity contribution in [2.75, 3.05) is 0 Å². The van der Waals surface area contributed by atoms with E-state index in [0.29, 0.717) is 16.5 Å². The molecule has 0 aliphatic rings. The Hall–Kier alpha value is -1.95. The summed E-state index contributed by atoms with van der Waals surface area (Å²) in [4.78, 5) is 0. The van der Waals surface area contributed by atoms with Gasteiger partial charge in [-0.25, -0.2) is 0 Å². The maximum Gasteiger partial charge on any atom is 0.148 e. The Morgan fingerprint density at radius 2 is 1.59 bits per heavy atom. The monoisotopic (exact) mass is 314 g/mol. The quantitative estimate of drug-likeness (QED) is 0.791. The maximum absolute atomic E-state index is 10.4. The normalized spacial score (nSPS) is 12.9. The number of hydrogen-bond donors (Lipinski definition) is 1. The summed E-state index contributed by atoms with van der Waals surface area (Å²) in [5.41, 5.74) is -0.395. The summed E-state index contributed by atoms with van der Waals surface area (Å²) in [6.07, 6.45) is 1.77. The first-order valence-corrected chi connectivity index (χ1v) is 7.65. The molecule has 2 aromatic rings. The number of unbranched alkanes of at least 4 members (excludes halogenated alkanes) is 1. The third-order valence-electron chi connectivity index (χ3n) is 3.17. The summed E-state index contributed by atoms with van der Waals surface area (Å²) in [5, 5.41) is 11.1. The van der Waals surface area contributed by atoms with Gasteiger partial charge in [-0.2, -0.15) is 0 Å². The molecule has 0 bridgehead atoms. The molecule has 0 saturated carbocycles. The number of aliphatic hydroxyl groups is 1. The number of benzene rings is 2. The highest BCUT2D eigenvalue weighted by Gasteiger charge is 2.19. The molecule has 2 aromatic carbocycles. The lowest BCUT2D eigenvalue weighted by Crippen LogP contribution is -2.18. The van der Waals surface area contributed by atoms with E-state index in [1.54, 1.807) is 19.1 Å². The van der Waals surface area contributed by atoms with Crippen LogP contribution in [-0.2, 0) is 5.60 Å². The summed E-state index contributed by atoms with van der Waals surface area (Å²) >= 11 is 5.84. The summed E-state index contributed by atoms with van der Waals surface area (Å²) in [6, 6.07) is 14.5. The van der Waals surface area contributed by atoms with Crippen molar-refractivity contribution in [3.8, 4) is 23.3 Å². The first kappa shape index (κ1) is 16.4. The zero-order chi connectivity index (χ0) is 16.0. The molecule has 1 atom stereocenters. The lowest BCUT2D eigenvalue weighted by molar-refractivity contribution is 0.122. The molecule has 0 spiro atoms. The van der Waals surface area contributed by atoms with Crippen LogP contribution in [0.5, 0.6) is 11.5 Å². The second-order valence-electron chi connectivity index (χ2n) is 5.20. The fourth-order valence-electron chi connectivity index (χ4n) is 1.92. The van der Waals surface area contributed by atoms with E-state index in [1.165, 1.54) is 0 Å². The molecule has 1 unspecified atom stereocenters. The van der Waals surface area contributed by atoms with E-state index < -0.39 is 5.60 Å². The molecule has 0 aliphatic heterocycles. The largest absolute Gasteiger partial charge is 0.457 e. The van der Waals surface area contributed by atoms with Crippen LogP contribution in [0.2, 0.25) is 5.02 Å². The van der Waals surface area contributed by atoms with Gasteiger partial charge >= 0.3 is 0 Å². The van der Waals surface area contributed by atoms with Crippen molar-refractivity contribution in [2.45, 2.75) is 32.3 Å². The van der Waals surface area contributed by atoms with Crippen molar-refractivity contribution >= 4 is 11.6 Å². The lowest BCUT2D eigenvalue weighted by atomic mass is 9.96. The van der Waals surface area contributed by atoms with Crippen molar-refractivity contribution in [3.63, 3.8) is 0 Å². The zero-order valence-corrected chi connectivity index (χ0v) is 13.5. The van der Waals surface area contributed by atoms with E-state index in [4.69, 9.17) is 16.3 Å². The fraction of sp³-hybridized carbons (Fsp3) is 0.263. The van der Waals surface area contributed by atoms with Gasteiger partial charge in [-0.05, 0) is 55.3 Å². The number of ether oxygens (including phenoxy) is 1. The minimum Gasteiger partial charge on any atom is -0.457 e. The summed E-state index contributed by atoms with van der Waals surface area (Å²) < 4.78 is 5.72. The Balaban J connectivity index is 2.10. The molecule has 0 fully saturated rings. The Morgan fingerprint density at radius 1 is 1.05 bits per heavy atom. The average Bonchev–Trinajstić information content (AvgIpc) is 2.50. The third kappa shape index (κ3) is 4.53. The lowest BCUT2D eigenvalue weighted by Gasteiger charge is -2.17. The first-order valence-electron chi connectivity index (χ1n) is 7.27. The molecule has 0 amide bonds. The van der Waals surface area contributed by atoms with Gasteiger partial charge in [0.2, 0.25) is 0 Å². The number of hydrogen-bond acceptors (Lipinski definition) is 2. The van der Waals surface area contributed by atoms with Crippen LogP contribution in [0.3, 0.4) is 0 Å².